The van der Waals surface area contributed by atoms with Crippen molar-refractivity contribution in [2.45, 2.75) is 12.6 Å². The highest BCUT2D eigenvalue weighted by atomic mass is 19.4. The second-order valence-corrected chi connectivity index (χ2v) is 4.08. The summed E-state index contributed by atoms with van der Waals surface area (Å²) >= 11 is 0. The van der Waals surface area contributed by atoms with Crippen molar-refractivity contribution in [1.29, 1.82) is 0 Å². The van der Waals surface area contributed by atoms with Crippen molar-refractivity contribution in [3.63, 3.8) is 0 Å². The molecule has 1 aromatic heterocycles. The fraction of sp³-hybridized carbons (Fsp3) is 0.133. The molecule has 0 saturated carbocycles. The van der Waals surface area contributed by atoms with Gasteiger partial charge < -0.3 is 0 Å². The molecule has 0 radical (unpaired) electrons. The second kappa shape index (κ2) is 5.26. The van der Waals surface area contributed by atoms with Gasteiger partial charge in [-0.3, -0.25) is 4.98 Å². The Bertz CT molecular complexity index is 574. The quantitative estimate of drug-likeness (QED) is 0.743. The number of hydrogen-bond donors (Lipinski definition) is 0. The van der Waals surface area contributed by atoms with E-state index in [9.17, 15) is 13.2 Å². The Labute approximate surface area is 109 Å². The van der Waals surface area contributed by atoms with Crippen molar-refractivity contribution in [3.05, 3.63) is 66.4 Å². The van der Waals surface area contributed by atoms with Gasteiger partial charge in [-0.05, 0) is 36.2 Å². The molecule has 2 aromatic rings. The molecular weight excluding hydrogens is 251 g/mol. The molecule has 0 aliphatic carbocycles. The van der Waals surface area contributed by atoms with Crippen LogP contribution in [0, 0.1) is 0 Å². The maximum atomic E-state index is 12.8. The highest BCUT2D eigenvalue weighted by molar-refractivity contribution is 5.65. The predicted molar refractivity (Wildman–Crippen MR) is 68.6 cm³/mol. The van der Waals surface area contributed by atoms with Gasteiger partial charge >= 0.3 is 6.18 Å². The molecule has 0 unspecified atom stereocenters. The zero-order valence-corrected chi connectivity index (χ0v) is 10.1. The molecule has 1 aromatic carbocycles. The molecule has 0 atom stereocenters. The lowest BCUT2D eigenvalue weighted by atomic mass is 9.98. The number of rotatable bonds is 3. The molecule has 2 rings (SSSR count). The fourth-order valence-corrected chi connectivity index (χ4v) is 1.85. The van der Waals surface area contributed by atoms with Gasteiger partial charge in [0.25, 0.3) is 0 Å². The zero-order valence-electron chi connectivity index (χ0n) is 10.1. The molecule has 1 nitrogen and oxygen atoms in total. The number of aromatic nitrogens is 1. The molecule has 19 heavy (non-hydrogen) atoms. The van der Waals surface area contributed by atoms with E-state index in [1.807, 2.05) is 0 Å². The third-order valence-electron chi connectivity index (χ3n) is 2.74. The summed E-state index contributed by atoms with van der Waals surface area (Å²) in [5.41, 5.74) is 1.14. The maximum Gasteiger partial charge on any atom is 0.416 e. The van der Waals surface area contributed by atoms with Crippen LogP contribution in [0.3, 0.4) is 0 Å². The number of alkyl halides is 3. The van der Waals surface area contributed by atoms with E-state index in [0.717, 1.165) is 17.7 Å². The first-order valence-corrected chi connectivity index (χ1v) is 5.75. The Morgan fingerprint density at radius 2 is 1.95 bits per heavy atom. The summed E-state index contributed by atoms with van der Waals surface area (Å²) in [7, 11) is 0. The molecular formula is C15H12F3N. The summed E-state index contributed by atoms with van der Waals surface area (Å²) in [5.74, 6) is 0. The normalized spacial score (nSPS) is 11.3. The molecule has 4 heteroatoms. The molecule has 0 saturated heterocycles. The largest absolute Gasteiger partial charge is 0.416 e. The smallest absolute Gasteiger partial charge is 0.256 e. The van der Waals surface area contributed by atoms with Gasteiger partial charge in [-0.25, -0.2) is 0 Å². The summed E-state index contributed by atoms with van der Waals surface area (Å²) in [5, 5.41) is 0. The first-order chi connectivity index (χ1) is 9.02. The van der Waals surface area contributed by atoms with E-state index in [0.29, 0.717) is 17.7 Å². The van der Waals surface area contributed by atoms with Crippen LogP contribution in [0.5, 0.6) is 0 Å². The summed E-state index contributed by atoms with van der Waals surface area (Å²) in [6.45, 7) is 3.62. The molecule has 0 aliphatic heterocycles. The summed E-state index contributed by atoms with van der Waals surface area (Å²) < 4.78 is 38.3. The minimum atomic E-state index is -4.35. The summed E-state index contributed by atoms with van der Waals surface area (Å²) in [4.78, 5) is 4.11. The van der Waals surface area contributed by atoms with Gasteiger partial charge in [-0.1, -0.05) is 18.2 Å². The van der Waals surface area contributed by atoms with Gasteiger partial charge in [-0.15, -0.1) is 6.58 Å². The first-order valence-electron chi connectivity index (χ1n) is 5.75. The lowest BCUT2D eigenvalue weighted by molar-refractivity contribution is -0.137. The van der Waals surface area contributed by atoms with Gasteiger partial charge in [0.15, 0.2) is 0 Å². The van der Waals surface area contributed by atoms with Gasteiger partial charge in [0, 0.05) is 11.8 Å². The van der Waals surface area contributed by atoms with Crippen LogP contribution >= 0.6 is 0 Å². The van der Waals surface area contributed by atoms with E-state index in [-0.39, 0.29) is 0 Å². The molecule has 0 fully saturated rings. The Hall–Kier alpha value is -2.10. The Kier molecular flexibility index (Phi) is 3.69. The predicted octanol–water partition coefficient (Wildman–Crippen LogP) is 4.50. The van der Waals surface area contributed by atoms with Gasteiger partial charge in [-0.2, -0.15) is 13.2 Å². The standard InChI is InChI=1S/C15H12F3N/c1-2-5-11-7-8-12(15(16,17)18)10-13(11)14-6-3-4-9-19-14/h2-4,6-10H,1,5H2. The number of benzene rings is 1. The highest BCUT2D eigenvalue weighted by Gasteiger charge is 2.31. The zero-order chi connectivity index (χ0) is 13.9. The monoisotopic (exact) mass is 263 g/mol. The van der Waals surface area contributed by atoms with Crippen LogP contribution in [-0.4, -0.2) is 4.98 Å². The lowest BCUT2D eigenvalue weighted by Gasteiger charge is -2.12. The van der Waals surface area contributed by atoms with E-state index in [4.69, 9.17) is 0 Å². The number of nitrogens with zero attached hydrogens (tertiary/aromatic N) is 1. The minimum Gasteiger partial charge on any atom is -0.256 e. The van der Waals surface area contributed by atoms with E-state index >= 15 is 0 Å². The van der Waals surface area contributed by atoms with Crippen molar-refractivity contribution >= 4 is 0 Å². The Morgan fingerprint density at radius 1 is 1.16 bits per heavy atom. The highest BCUT2D eigenvalue weighted by Crippen LogP contribution is 2.33. The summed E-state index contributed by atoms with van der Waals surface area (Å²) in [6, 6.07) is 8.88. The van der Waals surface area contributed by atoms with Crippen molar-refractivity contribution in [3.8, 4) is 11.3 Å². The van der Waals surface area contributed by atoms with Crippen LogP contribution in [0.25, 0.3) is 11.3 Å². The minimum absolute atomic E-state index is 0.496. The Morgan fingerprint density at radius 3 is 2.53 bits per heavy atom. The number of pyridine rings is 1. The van der Waals surface area contributed by atoms with Gasteiger partial charge in [0.2, 0.25) is 0 Å². The van der Waals surface area contributed by atoms with Crippen LogP contribution < -0.4 is 0 Å². The third-order valence-corrected chi connectivity index (χ3v) is 2.74. The Balaban J connectivity index is 2.57. The topological polar surface area (TPSA) is 12.9 Å². The van der Waals surface area contributed by atoms with Crippen molar-refractivity contribution in [2.75, 3.05) is 0 Å². The van der Waals surface area contributed by atoms with Crippen LogP contribution in [0.2, 0.25) is 0 Å². The summed E-state index contributed by atoms with van der Waals surface area (Å²) in [6.07, 6.45) is -0.622. The fourth-order valence-electron chi connectivity index (χ4n) is 1.85. The first kappa shape index (κ1) is 13.3. The van der Waals surface area contributed by atoms with Crippen LogP contribution in [0.4, 0.5) is 13.2 Å². The number of allylic oxidation sites excluding steroid dienone is 1. The lowest BCUT2D eigenvalue weighted by Crippen LogP contribution is -2.06. The van der Waals surface area contributed by atoms with Crippen LogP contribution in [-0.2, 0) is 12.6 Å². The molecule has 0 spiro atoms. The average Bonchev–Trinajstić information content (AvgIpc) is 2.39. The SMILES string of the molecule is C=CCc1ccc(C(F)(F)F)cc1-c1ccccn1. The van der Waals surface area contributed by atoms with E-state index in [2.05, 4.69) is 11.6 Å². The molecule has 0 aliphatic rings. The maximum absolute atomic E-state index is 12.8. The van der Waals surface area contributed by atoms with Crippen LogP contribution in [0.15, 0.2) is 55.3 Å². The van der Waals surface area contributed by atoms with Crippen molar-refractivity contribution < 1.29 is 13.2 Å². The number of halogens is 3. The molecule has 98 valence electrons. The molecule has 0 N–H and O–H groups in total. The van der Waals surface area contributed by atoms with E-state index in [1.165, 1.54) is 6.07 Å². The third kappa shape index (κ3) is 3.02. The molecule has 1 heterocycles. The van der Waals surface area contributed by atoms with E-state index < -0.39 is 11.7 Å². The van der Waals surface area contributed by atoms with E-state index in [1.54, 1.807) is 30.5 Å². The van der Waals surface area contributed by atoms with Gasteiger partial charge in [0.05, 0.1) is 11.3 Å². The number of hydrogen-bond acceptors (Lipinski definition) is 1. The molecule has 0 amide bonds. The van der Waals surface area contributed by atoms with Gasteiger partial charge in [0.1, 0.15) is 0 Å². The second-order valence-electron chi connectivity index (χ2n) is 4.08. The van der Waals surface area contributed by atoms with Crippen LogP contribution in [0.1, 0.15) is 11.1 Å². The average molecular weight is 263 g/mol. The molecule has 0 bridgehead atoms. The van der Waals surface area contributed by atoms with Crippen molar-refractivity contribution in [2.24, 2.45) is 0 Å². The van der Waals surface area contributed by atoms with Crippen molar-refractivity contribution in [1.82, 2.24) is 4.98 Å².